The molecule has 0 aliphatic heterocycles. The molecular formula is C23H38N6O3. The minimum atomic E-state index is 0.499. The van der Waals surface area contributed by atoms with Gasteiger partial charge in [0.25, 0.3) is 0 Å². The number of hydrogen-bond donors (Lipinski definition) is 2. The molecule has 9 nitrogen and oxygen atoms in total. The van der Waals surface area contributed by atoms with Crippen LogP contribution in [0.25, 0.3) is 0 Å². The molecule has 0 bridgehead atoms. The summed E-state index contributed by atoms with van der Waals surface area (Å²) in [5.41, 5.74) is 2.20. The third kappa shape index (κ3) is 8.84. The van der Waals surface area contributed by atoms with Gasteiger partial charge in [-0.1, -0.05) is 12.1 Å². The van der Waals surface area contributed by atoms with Crippen LogP contribution in [-0.2, 0) is 29.6 Å². The summed E-state index contributed by atoms with van der Waals surface area (Å²) in [4.78, 5) is 4.79. The maximum Gasteiger partial charge on any atom is 0.191 e. The van der Waals surface area contributed by atoms with E-state index >= 15 is 0 Å². The smallest absolute Gasteiger partial charge is 0.191 e. The van der Waals surface area contributed by atoms with E-state index in [1.54, 1.807) is 7.11 Å². The van der Waals surface area contributed by atoms with Crippen molar-refractivity contribution in [1.82, 2.24) is 25.4 Å². The van der Waals surface area contributed by atoms with Crippen molar-refractivity contribution in [3.63, 3.8) is 0 Å². The van der Waals surface area contributed by atoms with E-state index in [9.17, 15) is 0 Å². The number of methoxy groups -OCH3 is 1. The van der Waals surface area contributed by atoms with Crippen LogP contribution in [0.2, 0.25) is 0 Å². The molecule has 2 rings (SSSR count). The summed E-state index contributed by atoms with van der Waals surface area (Å²) in [6.45, 7) is 10.5. The number of aromatic nitrogens is 3. The highest BCUT2D eigenvalue weighted by Gasteiger charge is 2.08. The Hall–Kier alpha value is -2.65. The molecule has 0 saturated carbocycles. The summed E-state index contributed by atoms with van der Waals surface area (Å²) in [6, 6.07) is 6.21. The SMILES string of the molecule is CCOCCCNC(=NCc1ccc(C)cc1OCCCOC)NCc1nnc(C)n1C. The summed E-state index contributed by atoms with van der Waals surface area (Å²) < 4.78 is 18.5. The summed E-state index contributed by atoms with van der Waals surface area (Å²) in [6.07, 6.45) is 1.74. The molecule has 1 aromatic heterocycles. The third-order valence-electron chi connectivity index (χ3n) is 4.94. The first-order chi connectivity index (χ1) is 15.5. The number of guanidine groups is 1. The summed E-state index contributed by atoms with van der Waals surface area (Å²) >= 11 is 0. The molecule has 2 aromatic rings. The second kappa shape index (κ2) is 14.4. The van der Waals surface area contributed by atoms with Crippen molar-refractivity contribution in [2.75, 3.05) is 40.1 Å². The van der Waals surface area contributed by atoms with Gasteiger partial charge in [0.05, 0.1) is 19.7 Å². The maximum absolute atomic E-state index is 6.00. The maximum atomic E-state index is 6.00. The van der Waals surface area contributed by atoms with Crippen LogP contribution in [0.3, 0.4) is 0 Å². The highest BCUT2D eigenvalue weighted by atomic mass is 16.5. The van der Waals surface area contributed by atoms with Crippen LogP contribution in [0, 0.1) is 13.8 Å². The van der Waals surface area contributed by atoms with Crippen molar-refractivity contribution < 1.29 is 14.2 Å². The number of aryl methyl sites for hydroxylation is 2. The summed E-state index contributed by atoms with van der Waals surface area (Å²) in [7, 11) is 3.66. The summed E-state index contributed by atoms with van der Waals surface area (Å²) in [5, 5.41) is 15.1. The molecule has 1 heterocycles. The standard InChI is InChI=1S/C23H38N6O3/c1-6-31-13-7-11-24-23(26-17-22-28-27-19(3)29(22)4)25-16-20-10-9-18(2)15-21(20)32-14-8-12-30-5/h9-10,15H,6-8,11-14,16-17H2,1-5H3,(H2,24,25,26). The molecule has 32 heavy (non-hydrogen) atoms. The van der Waals surface area contributed by atoms with Gasteiger partial charge in [-0.15, -0.1) is 10.2 Å². The first-order valence-corrected chi connectivity index (χ1v) is 11.2. The minimum Gasteiger partial charge on any atom is -0.493 e. The highest BCUT2D eigenvalue weighted by molar-refractivity contribution is 5.79. The number of ether oxygens (including phenoxy) is 3. The number of nitrogens with zero attached hydrogens (tertiary/aromatic N) is 4. The van der Waals surface area contributed by atoms with E-state index in [1.807, 2.05) is 25.5 Å². The van der Waals surface area contributed by atoms with Crippen LogP contribution in [0.5, 0.6) is 5.75 Å². The van der Waals surface area contributed by atoms with Crippen molar-refractivity contribution in [2.24, 2.45) is 12.0 Å². The van der Waals surface area contributed by atoms with Crippen molar-refractivity contribution in [2.45, 2.75) is 46.7 Å². The molecule has 9 heteroatoms. The number of aliphatic imine (C=N–C) groups is 1. The molecule has 0 atom stereocenters. The fourth-order valence-electron chi connectivity index (χ4n) is 2.94. The number of benzene rings is 1. The zero-order valence-corrected chi connectivity index (χ0v) is 20.1. The van der Waals surface area contributed by atoms with Gasteiger partial charge in [-0.05, 0) is 38.8 Å². The van der Waals surface area contributed by atoms with Gasteiger partial charge >= 0.3 is 0 Å². The molecule has 2 N–H and O–H groups in total. The van der Waals surface area contributed by atoms with Crippen molar-refractivity contribution in [3.05, 3.63) is 41.0 Å². The zero-order chi connectivity index (χ0) is 23.2. The van der Waals surface area contributed by atoms with Gasteiger partial charge in [0.1, 0.15) is 11.6 Å². The highest BCUT2D eigenvalue weighted by Crippen LogP contribution is 2.21. The molecule has 0 radical (unpaired) electrons. The second-order valence-corrected chi connectivity index (χ2v) is 7.52. The fourth-order valence-corrected chi connectivity index (χ4v) is 2.94. The van der Waals surface area contributed by atoms with Gasteiger partial charge < -0.3 is 29.4 Å². The van der Waals surface area contributed by atoms with Gasteiger partial charge in [-0.25, -0.2) is 4.99 Å². The Morgan fingerprint density at radius 1 is 1.09 bits per heavy atom. The van der Waals surface area contributed by atoms with E-state index in [0.29, 0.717) is 32.3 Å². The van der Waals surface area contributed by atoms with E-state index in [4.69, 9.17) is 19.2 Å². The third-order valence-corrected chi connectivity index (χ3v) is 4.94. The minimum absolute atomic E-state index is 0.499. The predicted molar refractivity (Wildman–Crippen MR) is 126 cm³/mol. The Bertz CT molecular complexity index is 837. The lowest BCUT2D eigenvalue weighted by Crippen LogP contribution is -2.38. The lowest BCUT2D eigenvalue weighted by Gasteiger charge is -2.14. The zero-order valence-electron chi connectivity index (χ0n) is 20.1. The van der Waals surface area contributed by atoms with Crippen molar-refractivity contribution in [1.29, 1.82) is 0 Å². The Kier molecular flexibility index (Phi) is 11.5. The first-order valence-electron chi connectivity index (χ1n) is 11.2. The first kappa shape index (κ1) is 25.6. The topological polar surface area (TPSA) is 94.8 Å². The van der Waals surface area contributed by atoms with E-state index in [1.165, 1.54) is 0 Å². The van der Waals surface area contributed by atoms with Gasteiger partial charge in [-0.3, -0.25) is 0 Å². The molecule has 0 unspecified atom stereocenters. The molecule has 0 saturated heterocycles. The van der Waals surface area contributed by atoms with Crippen LogP contribution >= 0.6 is 0 Å². The average Bonchev–Trinajstić information content (AvgIpc) is 3.11. The lowest BCUT2D eigenvalue weighted by atomic mass is 10.1. The van der Waals surface area contributed by atoms with Gasteiger partial charge in [0.15, 0.2) is 11.8 Å². The number of rotatable bonds is 14. The van der Waals surface area contributed by atoms with Gasteiger partial charge in [0, 0.05) is 52.5 Å². The second-order valence-electron chi connectivity index (χ2n) is 7.52. The molecule has 0 amide bonds. The van der Waals surface area contributed by atoms with E-state index in [0.717, 1.165) is 61.1 Å². The Morgan fingerprint density at radius 3 is 2.66 bits per heavy atom. The van der Waals surface area contributed by atoms with E-state index < -0.39 is 0 Å². The quantitative estimate of drug-likeness (QED) is 0.262. The van der Waals surface area contributed by atoms with Crippen LogP contribution in [0.1, 0.15) is 42.5 Å². The molecule has 178 valence electrons. The molecule has 0 aliphatic carbocycles. The Morgan fingerprint density at radius 2 is 1.94 bits per heavy atom. The largest absolute Gasteiger partial charge is 0.493 e. The van der Waals surface area contributed by atoms with Crippen LogP contribution in [0.15, 0.2) is 23.2 Å². The normalized spacial score (nSPS) is 11.6. The lowest BCUT2D eigenvalue weighted by molar-refractivity contribution is 0.145. The molecular weight excluding hydrogens is 408 g/mol. The van der Waals surface area contributed by atoms with Crippen molar-refractivity contribution in [3.8, 4) is 5.75 Å². The molecule has 1 aromatic carbocycles. The van der Waals surface area contributed by atoms with Gasteiger partial charge in [-0.2, -0.15) is 0 Å². The van der Waals surface area contributed by atoms with Crippen molar-refractivity contribution >= 4 is 5.96 Å². The molecule has 0 fully saturated rings. The monoisotopic (exact) mass is 446 g/mol. The van der Waals surface area contributed by atoms with Crippen LogP contribution in [-0.4, -0.2) is 60.8 Å². The Labute approximate surface area is 191 Å². The van der Waals surface area contributed by atoms with E-state index in [-0.39, 0.29) is 0 Å². The van der Waals surface area contributed by atoms with Crippen LogP contribution in [0.4, 0.5) is 0 Å². The summed E-state index contributed by atoms with van der Waals surface area (Å²) in [5.74, 6) is 3.31. The average molecular weight is 447 g/mol. The predicted octanol–water partition coefficient (Wildman–Crippen LogP) is 2.51. The van der Waals surface area contributed by atoms with Gasteiger partial charge in [0.2, 0.25) is 0 Å². The molecule has 0 aliphatic rings. The van der Waals surface area contributed by atoms with Crippen LogP contribution < -0.4 is 15.4 Å². The number of hydrogen-bond acceptors (Lipinski definition) is 6. The number of nitrogens with one attached hydrogen (secondary N) is 2. The Balaban J connectivity index is 2.04. The molecule has 0 spiro atoms. The van der Waals surface area contributed by atoms with E-state index in [2.05, 4.69) is 46.0 Å². The fraction of sp³-hybridized carbons (Fsp3) is 0.609.